The standard InChI is InChI=1S/C9H9N5O2/c10-8-3-7(1-2-11-8)4-13-5-9(12-6-13)14(15)16/h1-3,5-6H,4H2,(H2,10,11). The molecule has 2 aromatic rings. The Hall–Kier alpha value is -2.44. The van der Waals surface area contributed by atoms with Crippen molar-refractivity contribution in [2.45, 2.75) is 6.54 Å². The molecule has 2 heterocycles. The molecule has 0 spiro atoms. The van der Waals surface area contributed by atoms with Crippen molar-refractivity contribution in [2.75, 3.05) is 5.73 Å². The van der Waals surface area contributed by atoms with Crippen molar-refractivity contribution in [3.63, 3.8) is 0 Å². The van der Waals surface area contributed by atoms with E-state index in [0.717, 1.165) is 5.56 Å². The molecule has 0 unspecified atom stereocenters. The highest BCUT2D eigenvalue weighted by molar-refractivity contribution is 5.32. The number of hydrogen-bond acceptors (Lipinski definition) is 5. The number of imidazole rings is 1. The van der Waals surface area contributed by atoms with Gasteiger partial charge >= 0.3 is 5.82 Å². The van der Waals surface area contributed by atoms with Crippen LogP contribution in [0.5, 0.6) is 0 Å². The molecule has 0 aromatic carbocycles. The fraction of sp³-hybridized carbons (Fsp3) is 0.111. The summed E-state index contributed by atoms with van der Waals surface area (Å²) in [5.41, 5.74) is 6.44. The Balaban J connectivity index is 2.17. The normalized spacial score (nSPS) is 10.2. The lowest BCUT2D eigenvalue weighted by molar-refractivity contribution is -0.389. The number of aromatic nitrogens is 3. The number of pyridine rings is 1. The third-order valence-corrected chi connectivity index (χ3v) is 2.02. The Bertz CT molecular complexity index is 522. The van der Waals surface area contributed by atoms with E-state index in [0.29, 0.717) is 12.4 Å². The smallest absolute Gasteiger partial charge is 0.381 e. The van der Waals surface area contributed by atoms with Gasteiger partial charge in [-0.25, -0.2) is 4.98 Å². The number of nitro groups is 1. The molecule has 0 atom stereocenters. The summed E-state index contributed by atoms with van der Waals surface area (Å²) in [5, 5.41) is 10.4. The van der Waals surface area contributed by atoms with E-state index in [1.54, 1.807) is 22.9 Å². The second-order valence-electron chi connectivity index (χ2n) is 3.25. The predicted octanol–water partition coefficient (Wildman–Crippen LogP) is 0.817. The summed E-state index contributed by atoms with van der Waals surface area (Å²) in [6.07, 6.45) is 4.38. The van der Waals surface area contributed by atoms with E-state index < -0.39 is 4.92 Å². The molecule has 2 rings (SSSR count). The Morgan fingerprint density at radius 3 is 2.94 bits per heavy atom. The van der Waals surface area contributed by atoms with Crippen LogP contribution in [-0.4, -0.2) is 19.5 Å². The van der Waals surface area contributed by atoms with Gasteiger partial charge in [0.25, 0.3) is 0 Å². The fourth-order valence-corrected chi connectivity index (χ4v) is 1.33. The number of rotatable bonds is 3. The molecule has 0 amide bonds. The quantitative estimate of drug-likeness (QED) is 0.608. The van der Waals surface area contributed by atoms with Crippen LogP contribution in [0.1, 0.15) is 5.56 Å². The third kappa shape index (κ3) is 2.14. The average molecular weight is 219 g/mol. The van der Waals surface area contributed by atoms with Gasteiger partial charge in [-0.2, -0.15) is 0 Å². The summed E-state index contributed by atoms with van der Waals surface area (Å²) >= 11 is 0. The molecule has 7 nitrogen and oxygen atoms in total. The summed E-state index contributed by atoms with van der Waals surface area (Å²) in [7, 11) is 0. The van der Waals surface area contributed by atoms with Crippen LogP contribution in [0.15, 0.2) is 30.9 Å². The lowest BCUT2D eigenvalue weighted by atomic mass is 10.2. The van der Waals surface area contributed by atoms with Gasteiger partial charge in [0.15, 0.2) is 0 Å². The molecule has 0 aliphatic rings. The largest absolute Gasteiger partial charge is 0.384 e. The Kier molecular flexibility index (Phi) is 2.50. The molecule has 16 heavy (non-hydrogen) atoms. The molecule has 7 heteroatoms. The van der Waals surface area contributed by atoms with E-state index in [-0.39, 0.29) is 5.82 Å². The van der Waals surface area contributed by atoms with Gasteiger partial charge in [-0.05, 0) is 27.6 Å². The Labute approximate surface area is 90.7 Å². The number of hydrogen-bond donors (Lipinski definition) is 1. The minimum absolute atomic E-state index is 0.165. The molecule has 0 aliphatic heterocycles. The lowest BCUT2D eigenvalue weighted by Gasteiger charge is -2.00. The summed E-state index contributed by atoms with van der Waals surface area (Å²) in [6.45, 7) is 0.480. The number of anilines is 1. The highest BCUT2D eigenvalue weighted by Crippen LogP contribution is 2.09. The van der Waals surface area contributed by atoms with Gasteiger partial charge in [0.2, 0.25) is 6.33 Å². The summed E-state index contributed by atoms with van der Waals surface area (Å²) < 4.78 is 1.62. The molecule has 0 fully saturated rings. The minimum atomic E-state index is -0.530. The van der Waals surface area contributed by atoms with Gasteiger partial charge in [-0.15, -0.1) is 0 Å². The first-order valence-corrected chi connectivity index (χ1v) is 4.52. The monoisotopic (exact) mass is 219 g/mol. The maximum atomic E-state index is 10.4. The zero-order valence-electron chi connectivity index (χ0n) is 8.28. The van der Waals surface area contributed by atoms with Gasteiger partial charge in [0.05, 0.1) is 6.54 Å². The molecular weight excluding hydrogens is 210 g/mol. The van der Waals surface area contributed by atoms with Crippen molar-refractivity contribution < 1.29 is 4.92 Å². The van der Waals surface area contributed by atoms with E-state index in [1.807, 2.05) is 0 Å². The summed E-state index contributed by atoms with van der Waals surface area (Å²) in [4.78, 5) is 17.4. The molecule has 0 saturated carbocycles. The van der Waals surface area contributed by atoms with Crippen LogP contribution in [0, 0.1) is 10.1 Å². The second-order valence-corrected chi connectivity index (χ2v) is 3.25. The van der Waals surface area contributed by atoms with Gasteiger partial charge in [-0.1, -0.05) is 0 Å². The molecule has 82 valence electrons. The Morgan fingerprint density at radius 2 is 2.31 bits per heavy atom. The van der Waals surface area contributed by atoms with E-state index in [1.165, 1.54) is 12.5 Å². The number of nitrogens with zero attached hydrogens (tertiary/aromatic N) is 4. The SMILES string of the molecule is Nc1cc(Cn2cnc([N+](=O)[O-])c2)ccn1. The van der Waals surface area contributed by atoms with Gasteiger partial charge in [0, 0.05) is 6.20 Å². The molecule has 0 radical (unpaired) electrons. The van der Waals surface area contributed by atoms with Crippen molar-refractivity contribution in [1.29, 1.82) is 0 Å². The first-order chi connectivity index (χ1) is 7.65. The van der Waals surface area contributed by atoms with Crippen molar-refractivity contribution in [2.24, 2.45) is 0 Å². The van der Waals surface area contributed by atoms with Crippen LogP contribution in [0.25, 0.3) is 0 Å². The maximum absolute atomic E-state index is 10.4. The van der Waals surface area contributed by atoms with Crippen LogP contribution in [0.2, 0.25) is 0 Å². The van der Waals surface area contributed by atoms with E-state index >= 15 is 0 Å². The highest BCUT2D eigenvalue weighted by Gasteiger charge is 2.09. The van der Waals surface area contributed by atoms with Crippen molar-refractivity contribution in [3.05, 3.63) is 46.5 Å². The average Bonchev–Trinajstić information content (AvgIpc) is 2.66. The zero-order valence-corrected chi connectivity index (χ0v) is 8.28. The van der Waals surface area contributed by atoms with Crippen LogP contribution in [0.3, 0.4) is 0 Å². The lowest BCUT2D eigenvalue weighted by Crippen LogP contribution is -1.98. The molecule has 0 aliphatic carbocycles. The summed E-state index contributed by atoms with van der Waals surface area (Å²) in [5.74, 6) is 0.258. The van der Waals surface area contributed by atoms with Gasteiger partial charge in [-0.3, -0.25) is 0 Å². The van der Waals surface area contributed by atoms with Gasteiger partial charge in [0.1, 0.15) is 12.0 Å². The highest BCUT2D eigenvalue weighted by atomic mass is 16.6. The van der Waals surface area contributed by atoms with Crippen molar-refractivity contribution >= 4 is 11.6 Å². The third-order valence-electron chi connectivity index (χ3n) is 2.02. The molecule has 2 aromatic heterocycles. The van der Waals surface area contributed by atoms with Crippen molar-refractivity contribution in [3.8, 4) is 0 Å². The van der Waals surface area contributed by atoms with Crippen LogP contribution < -0.4 is 5.73 Å². The molecule has 0 bridgehead atoms. The zero-order chi connectivity index (χ0) is 11.5. The summed E-state index contributed by atoms with van der Waals surface area (Å²) in [6, 6.07) is 3.51. The van der Waals surface area contributed by atoms with Crippen LogP contribution in [0.4, 0.5) is 11.6 Å². The van der Waals surface area contributed by atoms with Crippen molar-refractivity contribution in [1.82, 2.24) is 14.5 Å². The maximum Gasteiger partial charge on any atom is 0.381 e. The van der Waals surface area contributed by atoms with E-state index in [9.17, 15) is 10.1 Å². The molecule has 2 N–H and O–H groups in total. The first kappa shape index (κ1) is 10.1. The van der Waals surface area contributed by atoms with E-state index in [4.69, 9.17) is 5.73 Å². The Morgan fingerprint density at radius 1 is 1.50 bits per heavy atom. The topological polar surface area (TPSA) is 99.9 Å². The molecular formula is C9H9N5O2. The molecule has 0 saturated heterocycles. The second kappa shape index (κ2) is 3.97. The fourth-order valence-electron chi connectivity index (χ4n) is 1.33. The minimum Gasteiger partial charge on any atom is -0.384 e. The number of nitrogen functional groups attached to an aromatic ring is 1. The number of nitrogens with two attached hydrogens (primary N) is 1. The van der Waals surface area contributed by atoms with E-state index in [2.05, 4.69) is 9.97 Å². The van der Waals surface area contributed by atoms with Crippen LogP contribution >= 0.6 is 0 Å². The predicted molar refractivity (Wildman–Crippen MR) is 56.6 cm³/mol. The first-order valence-electron chi connectivity index (χ1n) is 4.52. The van der Waals surface area contributed by atoms with Gasteiger partial charge < -0.3 is 20.4 Å². The van der Waals surface area contributed by atoms with Crippen LogP contribution in [-0.2, 0) is 6.54 Å².